The zero-order valence-electron chi connectivity index (χ0n) is 11.7. The number of nitrogens with zero attached hydrogens (tertiary/aromatic N) is 4. The first kappa shape index (κ1) is 12.3. The lowest BCUT2D eigenvalue weighted by Gasteiger charge is -2.46. The van der Waals surface area contributed by atoms with E-state index in [0.29, 0.717) is 0 Å². The highest BCUT2D eigenvalue weighted by Crippen LogP contribution is 2.18. The van der Waals surface area contributed by atoms with Crippen molar-refractivity contribution >= 4 is 5.65 Å². The van der Waals surface area contributed by atoms with Gasteiger partial charge >= 0.3 is 0 Å². The topological polar surface area (TPSA) is 35.8 Å². The Hall–Kier alpha value is -1.43. The quantitative estimate of drug-likeness (QED) is 0.878. The van der Waals surface area contributed by atoms with Crippen molar-refractivity contribution < 1.29 is 0 Å². The molecule has 20 heavy (non-hydrogen) atoms. The molecule has 2 aliphatic rings. The van der Waals surface area contributed by atoms with E-state index >= 15 is 0 Å². The number of rotatable bonds is 3. The van der Waals surface area contributed by atoms with E-state index in [4.69, 9.17) is 0 Å². The Morgan fingerprint density at radius 1 is 1.20 bits per heavy atom. The molecular formula is C15H21N5. The number of hydrogen-bond acceptors (Lipinski definition) is 4. The van der Waals surface area contributed by atoms with Gasteiger partial charge in [0.15, 0.2) is 0 Å². The lowest BCUT2D eigenvalue weighted by atomic mass is 10.1. The first-order valence-electron chi connectivity index (χ1n) is 7.48. The second-order valence-corrected chi connectivity index (χ2v) is 5.83. The van der Waals surface area contributed by atoms with Crippen LogP contribution < -0.4 is 5.32 Å². The number of likely N-dealkylation sites (tertiary alicyclic amines) is 1. The minimum atomic E-state index is 0.758. The van der Waals surface area contributed by atoms with Gasteiger partial charge in [0, 0.05) is 64.2 Å². The van der Waals surface area contributed by atoms with Crippen molar-refractivity contribution in [2.24, 2.45) is 0 Å². The van der Waals surface area contributed by atoms with E-state index in [1.54, 1.807) is 0 Å². The largest absolute Gasteiger partial charge is 0.314 e. The van der Waals surface area contributed by atoms with Gasteiger partial charge in [-0.25, -0.2) is 4.98 Å². The van der Waals surface area contributed by atoms with E-state index in [9.17, 15) is 0 Å². The summed E-state index contributed by atoms with van der Waals surface area (Å²) in [5.41, 5.74) is 2.22. The molecule has 106 valence electrons. The zero-order valence-corrected chi connectivity index (χ0v) is 11.7. The summed E-state index contributed by atoms with van der Waals surface area (Å²) in [6, 6.07) is 6.90. The number of imidazole rings is 1. The molecule has 1 N–H and O–H groups in total. The molecule has 2 aliphatic heterocycles. The summed E-state index contributed by atoms with van der Waals surface area (Å²) < 4.78 is 2.10. The van der Waals surface area contributed by atoms with E-state index < -0.39 is 0 Å². The number of nitrogens with one attached hydrogen (secondary N) is 1. The van der Waals surface area contributed by atoms with Gasteiger partial charge in [0.25, 0.3) is 0 Å². The number of piperazine rings is 1. The Morgan fingerprint density at radius 3 is 2.85 bits per heavy atom. The van der Waals surface area contributed by atoms with Crippen LogP contribution in [-0.4, -0.2) is 64.5 Å². The Kier molecular flexibility index (Phi) is 3.18. The van der Waals surface area contributed by atoms with Crippen molar-refractivity contribution in [1.29, 1.82) is 0 Å². The van der Waals surface area contributed by atoms with E-state index in [1.165, 1.54) is 31.9 Å². The molecule has 0 spiro atoms. The summed E-state index contributed by atoms with van der Waals surface area (Å²) in [4.78, 5) is 9.79. The molecule has 0 aliphatic carbocycles. The van der Waals surface area contributed by atoms with Crippen LogP contribution in [0.25, 0.3) is 5.65 Å². The molecule has 2 fully saturated rings. The number of hydrogen-bond donors (Lipinski definition) is 1. The Morgan fingerprint density at radius 2 is 2.05 bits per heavy atom. The molecule has 0 radical (unpaired) electrons. The van der Waals surface area contributed by atoms with Crippen LogP contribution in [0.5, 0.6) is 0 Å². The smallest absolute Gasteiger partial charge is 0.137 e. The fraction of sp³-hybridized carbons (Fsp3) is 0.533. The maximum atomic E-state index is 4.67. The summed E-state index contributed by atoms with van der Waals surface area (Å²) in [6.45, 7) is 8.04. The second-order valence-electron chi connectivity index (χ2n) is 5.83. The maximum Gasteiger partial charge on any atom is 0.137 e. The van der Waals surface area contributed by atoms with Crippen molar-refractivity contribution in [3.05, 3.63) is 36.3 Å². The molecule has 0 aromatic carbocycles. The van der Waals surface area contributed by atoms with E-state index in [-0.39, 0.29) is 0 Å². The van der Waals surface area contributed by atoms with Gasteiger partial charge in [-0.1, -0.05) is 6.07 Å². The molecule has 2 saturated heterocycles. The number of fused-ring (bicyclic) bond motifs is 1. The highest BCUT2D eigenvalue weighted by Gasteiger charge is 2.32. The van der Waals surface area contributed by atoms with Crippen LogP contribution in [0.4, 0.5) is 0 Å². The van der Waals surface area contributed by atoms with Crippen molar-refractivity contribution in [2.45, 2.75) is 12.6 Å². The average Bonchev–Trinajstić information content (AvgIpc) is 2.86. The lowest BCUT2D eigenvalue weighted by molar-refractivity contribution is 0.0217. The van der Waals surface area contributed by atoms with Gasteiger partial charge in [0.05, 0.1) is 5.69 Å². The van der Waals surface area contributed by atoms with Crippen molar-refractivity contribution in [3.63, 3.8) is 0 Å². The standard InChI is InChI=1S/C15H21N5/c1-2-6-20-10-13(17-15(20)3-1)9-18-11-14(12-18)19-7-4-16-5-8-19/h1-3,6,10,14,16H,4-5,7-9,11-12H2. The van der Waals surface area contributed by atoms with Gasteiger partial charge in [-0.05, 0) is 12.1 Å². The second kappa shape index (κ2) is 5.16. The predicted molar refractivity (Wildman–Crippen MR) is 78.7 cm³/mol. The third kappa shape index (κ3) is 2.32. The summed E-state index contributed by atoms with van der Waals surface area (Å²) in [5, 5.41) is 3.42. The average molecular weight is 271 g/mol. The first-order chi connectivity index (χ1) is 9.88. The Bertz CT molecular complexity index is 548. The van der Waals surface area contributed by atoms with E-state index in [2.05, 4.69) is 43.0 Å². The molecule has 2 aromatic rings. The van der Waals surface area contributed by atoms with Gasteiger partial charge in [0.1, 0.15) is 5.65 Å². The van der Waals surface area contributed by atoms with Crippen molar-refractivity contribution in [3.8, 4) is 0 Å². The highest BCUT2D eigenvalue weighted by atomic mass is 15.3. The van der Waals surface area contributed by atoms with Crippen LogP contribution >= 0.6 is 0 Å². The monoisotopic (exact) mass is 271 g/mol. The minimum Gasteiger partial charge on any atom is -0.314 e. The minimum absolute atomic E-state index is 0.758. The number of aromatic nitrogens is 2. The lowest BCUT2D eigenvalue weighted by Crippen LogP contribution is -2.62. The first-order valence-corrected chi connectivity index (χ1v) is 7.48. The van der Waals surface area contributed by atoms with E-state index in [0.717, 1.165) is 31.3 Å². The zero-order chi connectivity index (χ0) is 13.4. The van der Waals surface area contributed by atoms with Crippen LogP contribution in [0.1, 0.15) is 5.69 Å². The van der Waals surface area contributed by atoms with Gasteiger partial charge < -0.3 is 9.72 Å². The van der Waals surface area contributed by atoms with E-state index in [1.807, 2.05) is 12.1 Å². The summed E-state index contributed by atoms with van der Waals surface area (Å²) in [7, 11) is 0. The fourth-order valence-corrected chi connectivity index (χ4v) is 3.24. The maximum absolute atomic E-state index is 4.67. The number of pyridine rings is 1. The molecule has 2 aromatic heterocycles. The van der Waals surface area contributed by atoms with Crippen LogP contribution in [0, 0.1) is 0 Å². The Balaban J connectivity index is 1.34. The van der Waals surface area contributed by atoms with Crippen LogP contribution in [0.3, 0.4) is 0 Å². The summed E-state index contributed by atoms with van der Waals surface area (Å²) >= 11 is 0. The van der Waals surface area contributed by atoms with Crippen molar-refractivity contribution in [2.75, 3.05) is 39.3 Å². The van der Waals surface area contributed by atoms with Gasteiger partial charge in [-0.15, -0.1) is 0 Å². The third-order valence-corrected chi connectivity index (χ3v) is 4.41. The molecule has 0 amide bonds. The van der Waals surface area contributed by atoms with Gasteiger partial charge in [-0.3, -0.25) is 9.80 Å². The summed E-state index contributed by atoms with van der Waals surface area (Å²) in [5.74, 6) is 0. The molecule has 0 atom stereocenters. The molecule has 0 unspecified atom stereocenters. The molecule has 4 heterocycles. The van der Waals surface area contributed by atoms with Crippen LogP contribution in [0.2, 0.25) is 0 Å². The Labute approximate surface area is 119 Å². The molecular weight excluding hydrogens is 250 g/mol. The molecule has 0 saturated carbocycles. The van der Waals surface area contributed by atoms with Crippen LogP contribution in [0.15, 0.2) is 30.6 Å². The van der Waals surface area contributed by atoms with Crippen LogP contribution in [-0.2, 0) is 6.54 Å². The fourth-order valence-electron chi connectivity index (χ4n) is 3.24. The molecule has 5 nitrogen and oxygen atoms in total. The normalized spacial score (nSPS) is 22.2. The molecule has 0 bridgehead atoms. The SMILES string of the molecule is c1ccn2cc(CN3CC(N4CCNCC4)C3)nc2c1. The third-order valence-electron chi connectivity index (χ3n) is 4.41. The summed E-state index contributed by atoms with van der Waals surface area (Å²) in [6.07, 6.45) is 4.21. The predicted octanol–water partition coefficient (Wildman–Crippen LogP) is 0.424. The van der Waals surface area contributed by atoms with Gasteiger partial charge in [-0.2, -0.15) is 0 Å². The van der Waals surface area contributed by atoms with Crippen molar-refractivity contribution in [1.82, 2.24) is 24.5 Å². The molecule has 5 heteroatoms. The van der Waals surface area contributed by atoms with Gasteiger partial charge in [0.2, 0.25) is 0 Å². The highest BCUT2D eigenvalue weighted by molar-refractivity contribution is 5.39. The molecule has 4 rings (SSSR count).